The molecule has 118 valence electrons. The Bertz CT molecular complexity index is 391. The molecule has 0 aromatic heterocycles. The molecule has 1 saturated carbocycles. The molecule has 0 amide bonds. The summed E-state index contributed by atoms with van der Waals surface area (Å²) in [6.45, 7) is 3.89. The number of nitrogens with one attached hydrogen (secondary N) is 1. The molecular weight excluding hydrogens is 274 g/mol. The van der Waals surface area contributed by atoms with E-state index in [1.165, 1.54) is 12.8 Å². The average Bonchev–Trinajstić information content (AvgIpc) is 2.46. The van der Waals surface area contributed by atoms with Gasteiger partial charge in [0.25, 0.3) is 10.2 Å². The molecule has 1 atom stereocenters. The first-order valence-corrected chi connectivity index (χ1v) is 9.43. The fourth-order valence-electron chi connectivity index (χ4n) is 3.37. The first-order valence-electron chi connectivity index (χ1n) is 7.99. The van der Waals surface area contributed by atoms with Gasteiger partial charge in [0.2, 0.25) is 0 Å². The zero-order chi connectivity index (χ0) is 14.6. The van der Waals surface area contributed by atoms with Crippen LogP contribution in [0.5, 0.6) is 0 Å². The first-order chi connectivity index (χ1) is 9.53. The van der Waals surface area contributed by atoms with Crippen LogP contribution < -0.4 is 10.5 Å². The molecule has 2 rings (SSSR count). The summed E-state index contributed by atoms with van der Waals surface area (Å²) in [5.74, 6) is 1.30. The topological polar surface area (TPSA) is 75.4 Å². The van der Waals surface area contributed by atoms with Gasteiger partial charge in [0.1, 0.15) is 0 Å². The maximum Gasteiger partial charge on any atom is 0.279 e. The zero-order valence-electron chi connectivity index (χ0n) is 12.6. The standard InChI is InChI=1S/C14H29N3O2S/c1-12-5-7-13(8-6-12)11-16-20(18,19)17-9-3-2-4-14(17)10-15/h12-14,16H,2-11,15H2,1H3. The van der Waals surface area contributed by atoms with Crippen LogP contribution in [0.2, 0.25) is 0 Å². The van der Waals surface area contributed by atoms with Crippen molar-refractivity contribution < 1.29 is 8.42 Å². The normalized spacial score (nSPS) is 33.2. The summed E-state index contributed by atoms with van der Waals surface area (Å²) in [7, 11) is -3.35. The van der Waals surface area contributed by atoms with E-state index in [1.54, 1.807) is 4.31 Å². The van der Waals surface area contributed by atoms with Crippen molar-refractivity contribution in [3.05, 3.63) is 0 Å². The van der Waals surface area contributed by atoms with E-state index in [-0.39, 0.29) is 6.04 Å². The molecule has 1 saturated heterocycles. The summed E-state index contributed by atoms with van der Waals surface area (Å²) >= 11 is 0. The molecule has 1 unspecified atom stereocenters. The van der Waals surface area contributed by atoms with Gasteiger partial charge >= 0.3 is 0 Å². The molecule has 1 aliphatic heterocycles. The highest BCUT2D eigenvalue weighted by molar-refractivity contribution is 7.87. The van der Waals surface area contributed by atoms with Gasteiger partial charge in [-0.15, -0.1) is 0 Å². The Morgan fingerprint density at radius 3 is 2.50 bits per heavy atom. The molecular formula is C14H29N3O2S. The maximum atomic E-state index is 12.4. The summed E-state index contributed by atoms with van der Waals surface area (Å²) in [4.78, 5) is 0. The third kappa shape index (κ3) is 4.16. The Morgan fingerprint density at radius 2 is 1.85 bits per heavy atom. The fraction of sp³-hybridized carbons (Fsp3) is 1.00. The minimum atomic E-state index is -3.35. The lowest BCUT2D eigenvalue weighted by Gasteiger charge is -2.34. The van der Waals surface area contributed by atoms with E-state index < -0.39 is 10.2 Å². The van der Waals surface area contributed by atoms with Crippen LogP contribution in [0.4, 0.5) is 0 Å². The van der Waals surface area contributed by atoms with Gasteiger partial charge in [-0.05, 0) is 37.5 Å². The lowest BCUT2D eigenvalue weighted by Crippen LogP contribution is -2.52. The molecule has 2 aliphatic rings. The van der Waals surface area contributed by atoms with Crippen LogP contribution in [0.3, 0.4) is 0 Å². The number of nitrogens with two attached hydrogens (primary N) is 1. The Hall–Kier alpha value is -0.170. The van der Waals surface area contributed by atoms with Crippen LogP contribution in [0.15, 0.2) is 0 Å². The van der Waals surface area contributed by atoms with Crippen molar-refractivity contribution in [1.29, 1.82) is 0 Å². The summed E-state index contributed by atoms with van der Waals surface area (Å²) in [5, 5.41) is 0. The second kappa shape index (κ2) is 7.20. The molecule has 0 aromatic carbocycles. The van der Waals surface area contributed by atoms with Gasteiger partial charge in [-0.2, -0.15) is 12.7 Å². The molecule has 0 aromatic rings. The van der Waals surface area contributed by atoms with E-state index in [2.05, 4.69) is 11.6 Å². The molecule has 6 heteroatoms. The molecule has 0 spiro atoms. The largest absolute Gasteiger partial charge is 0.329 e. The van der Waals surface area contributed by atoms with Gasteiger partial charge in [0.15, 0.2) is 0 Å². The predicted molar refractivity (Wildman–Crippen MR) is 81.4 cm³/mol. The van der Waals surface area contributed by atoms with E-state index in [0.717, 1.165) is 38.0 Å². The van der Waals surface area contributed by atoms with Gasteiger partial charge in [0, 0.05) is 25.7 Å². The van der Waals surface area contributed by atoms with Gasteiger partial charge in [-0.3, -0.25) is 0 Å². The molecule has 2 fully saturated rings. The monoisotopic (exact) mass is 303 g/mol. The number of piperidine rings is 1. The summed E-state index contributed by atoms with van der Waals surface area (Å²) < 4.78 is 29.2. The van der Waals surface area contributed by atoms with Crippen LogP contribution in [-0.4, -0.2) is 38.4 Å². The minimum Gasteiger partial charge on any atom is -0.329 e. The third-order valence-corrected chi connectivity index (χ3v) is 6.47. The third-order valence-electron chi connectivity index (χ3n) is 4.84. The number of nitrogens with zero attached hydrogens (tertiary/aromatic N) is 1. The van der Waals surface area contributed by atoms with Crippen molar-refractivity contribution in [3.63, 3.8) is 0 Å². The number of rotatable bonds is 5. The maximum absolute atomic E-state index is 12.4. The molecule has 1 heterocycles. The van der Waals surface area contributed by atoms with Crippen LogP contribution >= 0.6 is 0 Å². The number of hydrogen-bond donors (Lipinski definition) is 2. The SMILES string of the molecule is CC1CCC(CNS(=O)(=O)N2CCCCC2CN)CC1. The van der Waals surface area contributed by atoms with Gasteiger partial charge < -0.3 is 5.73 Å². The Balaban J connectivity index is 1.86. The molecule has 5 nitrogen and oxygen atoms in total. The van der Waals surface area contributed by atoms with Crippen LogP contribution in [-0.2, 0) is 10.2 Å². The Kier molecular flexibility index (Phi) is 5.84. The van der Waals surface area contributed by atoms with E-state index in [1.807, 2.05) is 0 Å². The van der Waals surface area contributed by atoms with Crippen molar-refractivity contribution in [2.24, 2.45) is 17.6 Å². The summed E-state index contributed by atoms with van der Waals surface area (Å²) in [5.41, 5.74) is 5.71. The fourth-order valence-corrected chi connectivity index (χ4v) is 4.93. The van der Waals surface area contributed by atoms with E-state index >= 15 is 0 Å². The van der Waals surface area contributed by atoms with Crippen molar-refractivity contribution in [2.75, 3.05) is 19.6 Å². The van der Waals surface area contributed by atoms with Crippen LogP contribution in [0.1, 0.15) is 51.9 Å². The second-order valence-electron chi connectivity index (χ2n) is 6.48. The molecule has 20 heavy (non-hydrogen) atoms. The van der Waals surface area contributed by atoms with Gasteiger partial charge in [0.05, 0.1) is 0 Å². The van der Waals surface area contributed by atoms with Crippen LogP contribution in [0.25, 0.3) is 0 Å². The van der Waals surface area contributed by atoms with Crippen LogP contribution in [0, 0.1) is 11.8 Å². The van der Waals surface area contributed by atoms with Crippen molar-refractivity contribution >= 4 is 10.2 Å². The molecule has 1 aliphatic carbocycles. The lowest BCUT2D eigenvalue weighted by molar-refractivity contribution is 0.249. The van der Waals surface area contributed by atoms with Crippen molar-refractivity contribution in [3.8, 4) is 0 Å². The average molecular weight is 303 g/mol. The zero-order valence-corrected chi connectivity index (χ0v) is 13.4. The Labute approximate surface area is 123 Å². The van der Waals surface area contributed by atoms with E-state index in [4.69, 9.17) is 5.73 Å². The predicted octanol–water partition coefficient (Wildman–Crippen LogP) is 1.46. The highest BCUT2D eigenvalue weighted by Crippen LogP contribution is 2.28. The minimum absolute atomic E-state index is 0.0207. The first kappa shape index (κ1) is 16.2. The number of hydrogen-bond acceptors (Lipinski definition) is 3. The molecule has 0 radical (unpaired) electrons. The second-order valence-corrected chi connectivity index (χ2v) is 8.18. The van der Waals surface area contributed by atoms with Gasteiger partial charge in [-0.1, -0.05) is 26.2 Å². The molecule has 0 bridgehead atoms. The smallest absolute Gasteiger partial charge is 0.279 e. The van der Waals surface area contributed by atoms with E-state index in [0.29, 0.717) is 25.6 Å². The molecule has 3 N–H and O–H groups in total. The van der Waals surface area contributed by atoms with Crippen molar-refractivity contribution in [2.45, 2.75) is 57.9 Å². The Morgan fingerprint density at radius 1 is 1.15 bits per heavy atom. The van der Waals surface area contributed by atoms with E-state index in [9.17, 15) is 8.42 Å². The summed E-state index contributed by atoms with van der Waals surface area (Å²) in [6, 6.07) is -0.0207. The highest BCUT2D eigenvalue weighted by Gasteiger charge is 2.31. The summed E-state index contributed by atoms with van der Waals surface area (Å²) in [6.07, 6.45) is 7.64. The lowest BCUT2D eigenvalue weighted by atomic mass is 9.83. The quantitative estimate of drug-likeness (QED) is 0.807. The highest BCUT2D eigenvalue weighted by atomic mass is 32.2. The van der Waals surface area contributed by atoms with Gasteiger partial charge in [-0.25, -0.2) is 4.72 Å². The van der Waals surface area contributed by atoms with Crippen molar-refractivity contribution in [1.82, 2.24) is 9.03 Å².